The zero-order valence-electron chi connectivity index (χ0n) is 13.6. The maximum atomic E-state index is 12.4. The fourth-order valence-corrected chi connectivity index (χ4v) is 3.49. The van der Waals surface area contributed by atoms with Crippen molar-refractivity contribution in [3.8, 4) is 5.75 Å². The lowest BCUT2D eigenvalue weighted by atomic mass is 10.1. The smallest absolute Gasteiger partial charge is 0.336 e. The van der Waals surface area contributed by atoms with Gasteiger partial charge in [-0.25, -0.2) is 17.9 Å². The third-order valence-corrected chi connectivity index (χ3v) is 5.22. The predicted octanol–water partition coefficient (Wildman–Crippen LogP) is 2.32. The quantitative estimate of drug-likeness (QED) is 0.683. The summed E-state index contributed by atoms with van der Waals surface area (Å²) in [5.41, 5.74) is 0.884. The Morgan fingerprint density at radius 2 is 1.80 bits per heavy atom. The van der Waals surface area contributed by atoms with Gasteiger partial charge in [-0.2, -0.15) is 0 Å². The molecule has 0 amide bonds. The Labute approximate surface area is 145 Å². The van der Waals surface area contributed by atoms with Crippen LogP contribution in [0.15, 0.2) is 68.7 Å². The van der Waals surface area contributed by atoms with Crippen molar-refractivity contribution in [3.63, 3.8) is 0 Å². The summed E-state index contributed by atoms with van der Waals surface area (Å²) in [7, 11) is -2.04. The van der Waals surface area contributed by atoms with Crippen LogP contribution in [-0.4, -0.2) is 22.1 Å². The molecule has 7 heteroatoms. The predicted molar refractivity (Wildman–Crippen MR) is 94.4 cm³/mol. The van der Waals surface area contributed by atoms with Gasteiger partial charge in [0, 0.05) is 18.0 Å². The van der Waals surface area contributed by atoms with Gasteiger partial charge in [-0.15, -0.1) is 0 Å². The SMILES string of the molecule is COc1ccc(CCNS(=O)(=O)c2ccc3oc(=O)ccc3c2)cc1. The van der Waals surface area contributed by atoms with Crippen molar-refractivity contribution in [2.75, 3.05) is 13.7 Å². The second kappa shape index (κ2) is 7.08. The maximum Gasteiger partial charge on any atom is 0.336 e. The Kier molecular flexibility index (Phi) is 4.87. The lowest BCUT2D eigenvalue weighted by Gasteiger charge is -2.08. The van der Waals surface area contributed by atoms with Crippen molar-refractivity contribution >= 4 is 21.0 Å². The molecule has 0 fully saturated rings. The van der Waals surface area contributed by atoms with Crippen LogP contribution in [0.25, 0.3) is 11.0 Å². The molecule has 0 saturated carbocycles. The minimum Gasteiger partial charge on any atom is -0.497 e. The largest absolute Gasteiger partial charge is 0.497 e. The normalized spacial score (nSPS) is 11.6. The minimum atomic E-state index is -3.64. The number of ether oxygens (including phenoxy) is 1. The lowest BCUT2D eigenvalue weighted by molar-refractivity contribution is 0.414. The third kappa shape index (κ3) is 4.07. The lowest BCUT2D eigenvalue weighted by Crippen LogP contribution is -2.26. The van der Waals surface area contributed by atoms with Crippen molar-refractivity contribution in [1.29, 1.82) is 0 Å². The Hall–Kier alpha value is -2.64. The van der Waals surface area contributed by atoms with E-state index in [4.69, 9.17) is 9.15 Å². The minimum absolute atomic E-state index is 0.128. The van der Waals surface area contributed by atoms with E-state index in [1.165, 1.54) is 30.3 Å². The van der Waals surface area contributed by atoms with Crippen molar-refractivity contribution in [2.45, 2.75) is 11.3 Å². The highest BCUT2D eigenvalue weighted by Crippen LogP contribution is 2.18. The van der Waals surface area contributed by atoms with Gasteiger partial charge in [0.05, 0.1) is 12.0 Å². The Bertz CT molecular complexity index is 1040. The molecule has 0 bridgehead atoms. The van der Waals surface area contributed by atoms with E-state index in [1.54, 1.807) is 7.11 Å². The summed E-state index contributed by atoms with van der Waals surface area (Å²) in [5, 5.41) is 0.553. The van der Waals surface area contributed by atoms with Crippen molar-refractivity contribution in [3.05, 3.63) is 70.6 Å². The molecule has 0 radical (unpaired) electrons. The number of nitrogens with one attached hydrogen (secondary N) is 1. The van der Waals surface area contributed by atoms with Crippen LogP contribution < -0.4 is 15.1 Å². The molecule has 6 nitrogen and oxygen atoms in total. The van der Waals surface area contributed by atoms with Crippen molar-refractivity contribution < 1.29 is 17.6 Å². The number of fused-ring (bicyclic) bond motifs is 1. The van der Waals surface area contributed by atoms with Crippen molar-refractivity contribution in [2.24, 2.45) is 0 Å². The van der Waals surface area contributed by atoms with E-state index in [1.807, 2.05) is 24.3 Å². The number of sulfonamides is 1. The Morgan fingerprint density at radius 3 is 2.52 bits per heavy atom. The summed E-state index contributed by atoms with van der Waals surface area (Å²) in [6.45, 7) is 0.274. The average Bonchev–Trinajstić information content (AvgIpc) is 2.61. The number of benzene rings is 2. The average molecular weight is 359 g/mol. The third-order valence-electron chi connectivity index (χ3n) is 3.77. The molecule has 130 valence electrons. The zero-order chi connectivity index (χ0) is 17.9. The number of rotatable bonds is 6. The van der Waals surface area contributed by atoms with Crippen LogP contribution in [0.5, 0.6) is 5.75 Å². The first-order valence-electron chi connectivity index (χ1n) is 7.64. The highest BCUT2D eigenvalue weighted by Gasteiger charge is 2.14. The van der Waals surface area contributed by atoms with Crippen LogP contribution in [0, 0.1) is 0 Å². The van der Waals surface area contributed by atoms with Gasteiger partial charge >= 0.3 is 5.63 Å². The molecule has 3 aromatic rings. The van der Waals surface area contributed by atoms with Gasteiger partial charge in [-0.05, 0) is 48.4 Å². The van der Waals surface area contributed by atoms with Crippen LogP contribution in [0.1, 0.15) is 5.56 Å². The molecule has 0 aliphatic heterocycles. The molecule has 0 atom stereocenters. The molecule has 1 heterocycles. The molecular formula is C18H17NO5S. The summed E-state index contributed by atoms with van der Waals surface area (Å²) < 4.78 is 37.5. The monoisotopic (exact) mass is 359 g/mol. The van der Waals surface area contributed by atoms with E-state index in [0.29, 0.717) is 17.4 Å². The van der Waals surface area contributed by atoms with E-state index in [0.717, 1.165) is 11.3 Å². The molecule has 0 aliphatic carbocycles. The van der Waals surface area contributed by atoms with Gasteiger partial charge in [0.1, 0.15) is 11.3 Å². The summed E-state index contributed by atoms with van der Waals surface area (Å²) in [6, 6.07) is 14.6. The molecule has 0 aliphatic rings. The van der Waals surface area contributed by atoms with E-state index in [-0.39, 0.29) is 11.4 Å². The molecule has 3 rings (SSSR count). The van der Waals surface area contributed by atoms with E-state index >= 15 is 0 Å². The molecule has 1 N–H and O–H groups in total. The molecule has 0 unspecified atom stereocenters. The van der Waals surface area contributed by atoms with Gasteiger partial charge < -0.3 is 9.15 Å². The molecule has 1 aromatic heterocycles. The molecule has 25 heavy (non-hydrogen) atoms. The standard InChI is InChI=1S/C18H17NO5S/c1-23-15-5-2-13(3-6-15)10-11-19-25(21,22)16-7-8-17-14(12-16)4-9-18(20)24-17/h2-9,12,19H,10-11H2,1H3. The zero-order valence-corrected chi connectivity index (χ0v) is 14.4. The van der Waals surface area contributed by atoms with Crippen LogP contribution in [0.4, 0.5) is 0 Å². The van der Waals surface area contributed by atoms with E-state index < -0.39 is 15.6 Å². The second-order valence-corrected chi connectivity index (χ2v) is 7.22. The second-order valence-electron chi connectivity index (χ2n) is 5.45. The highest BCUT2D eigenvalue weighted by atomic mass is 32.2. The van der Waals surface area contributed by atoms with Crippen molar-refractivity contribution in [1.82, 2.24) is 4.72 Å². The molecule has 2 aromatic carbocycles. The van der Waals surface area contributed by atoms with Crippen LogP contribution >= 0.6 is 0 Å². The van der Waals surface area contributed by atoms with Gasteiger partial charge in [-0.3, -0.25) is 0 Å². The summed E-state index contributed by atoms with van der Waals surface area (Å²) >= 11 is 0. The topological polar surface area (TPSA) is 85.6 Å². The van der Waals surface area contributed by atoms with Gasteiger partial charge in [0.15, 0.2) is 0 Å². The maximum absolute atomic E-state index is 12.4. The Balaban J connectivity index is 1.70. The first-order valence-corrected chi connectivity index (χ1v) is 9.13. The number of hydrogen-bond acceptors (Lipinski definition) is 5. The Morgan fingerprint density at radius 1 is 1.04 bits per heavy atom. The van der Waals surface area contributed by atoms with Gasteiger partial charge in [0.2, 0.25) is 10.0 Å². The van der Waals surface area contributed by atoms with E-state index in [9.17, 15) is 13.2 Å². The molecule has 0 saturated heterocycles. The van der Waals surface area contributed by atoms with Crippen LogP contribution in [-0.2, 0) is 16.4 Å². The first-order chi connectivity index (χ1) is 12.0. The van der Waals surface area contributed by atoms with Crippen LogP contribution in [0.3, 0.4) is 0 Å². The number of methoxy groups -OCH3 is 1. The van der Waals surface area contributed by atoms with Crippen LogP contribution in [0.2, 0.25) is 0 Å². The summed E-state index contributed by atoms with van der Waals surface area (Å²) in [4.78, 5) is 11.3. The summed E-state index contributed by atoms with van der Waals surface area (Å²) in [6.07, 6.45) is 0.561. The van der Waals surface area contributed by atoms with Gasteiger partial charge in [-0.1, -0.05) is 12.1 Å². The molecule has 0 spiro atoms. The first kappa shape index (κ1) is 17.2. The van der Waals surface area contributed by atoms with Gasteiger partial charge in [0.25, 0.3) is 0 Å². The number of hydrogen-bond donors (Lipinski definition) is 1. The fourth-order valence-electron chi connectivity index (χ4n) is 2.42. The van der Waals surface area contributed by atoms with E-state index in [2.05, 4.69) is 4.72 Å². The highest BCUT2D eigenvalue weighted by molar-refractivity contribution is 7.89. The molecular weight excluding hydrogens is 342 g/mol. The summed E-state index contributed by atoms with van der Waals surface area (Å²) in [5.74, 6) is 0.757. The fraction of sp³-hybridized carbons (Fsp3) is 0.167.